The Morgan fingerprint density at radius 3 is 2.89 bits per heavy atom. The highest BCUT2D eigenvalue weighted by Gasteiger charge is 2.42. The van der Waals surface area contributed by atoms with Crippen LogP contribution in [0.3, 0.4) is 0 Å². The third kappa shape index (κ3) is 3.04. The number of ether oxygens (including phenoxy) is 2. The smallest absolute Gasteiger partial charge is 0.337 e. The van der Waals surface area contributed by atoms with Gasteiger partial charge in [0.25, 0.3) is 0 Å². The van der Waals surface area contributed by atoms with Crippen LogP contribution < -0.4 is 0 Å². The molecule has 2 aromatic rings. The predicted molar refractivity (Wildman–Crippen MR) is 105 cm³/mol. The molecule has 2 aliphatic rings. The molecule has 1 fully saturated rings. The summed E-state index contributed by atoms with van der Waals surface area (Å²) in [5.74, 6) is 0.287. The Bertz CT molecular complexity index is 870. The van der Waals surface area contributed by atoms with Crippen LogP contribution in [0, 0.1) is 11.8 Å². The second kappa shape index (κ2) is 7.39. The number of benzene rings is 1. The molecule has 27 heavy (non-hydrogen) atoms. The zero-order valence-electron chi connectivity index (χ0n) is 16.3. The molecular weight excluding hydrogens is 340 g/mol. The van der Waals surface area contributed by atoms with E-state index in [1.807, 2.05) is 0 Å². The normalized spacial score (nSPS) is 25.7. The van der Waals surface area contributed by atoms with Gasteiger partial charge < -0.3 is 14.5 Å². The number of esters is 1. The summed E-state index contributed by atoms with van der Waals surface area (Å²) in [6, 6.07) is 8.85. The Hall–Kier alpha value is -2.27. The van der Waals surface area contributed by atoms with Crippen LogP contribution in [0.5, 0.6) is 0 Å². The first-order chi connectivity index (χ1) is 13.2. The number of nitrogens with one attached hydrogen (secondary N) is 1. The fourth-order valence-electron chi connectivity index (χ4n) is 5.04. The summed E-state index contributed by atoms with van der Waals surface area (Å²) in [5, 5.41) is 1.34. The minimum Gasteiger partial charge on any atom is -0.504 e. The largest absolute Gasteiger partial charge is 0.504 e. The molecule has 5 heteroatoms. The molecule has 2 aliphatic heterocycles. The number of para-hydroxylation sites is 1. The Balaban J connectivity index is 1.73. The number of aromatic nitrogens is 1. The summed E-state index contributed by atoms with van der Waals surface area (Å²) < 4.78 is 10.3. The zero-order valence-corrected chi connectivity index (χ0v) is 16.3. The Labute approximate surface area is 160 Å². The van der Waals surface area contributed by atoms with Gasteiger partial charge in [-0.3, -0.25) is 4.90 Å². The van der Waals surface area contributed by atoms with Gasteiger partial charge in [-0.25, -0.2) is 4.79 Å². The van der Waals surface area contributed by atoms with Crippen LogP contribution >= 0.6 is 0 Å². The van der Waals surface area contributed by atoms with E-state index in [1.165, 1.54) is 29.3 Å². The van der Waals surface area contributed by atoms with Gasteiger partial charge in [-0.05, 0) is 36.3 Å². The fraction of sp³-hybridized carbons (Fsp3) is 0.500. The van der Waals surface area contributed by atoms with E-state index in [4.69, 9.17) is 9.47 Å². The number of aromatic amines is 1. The topological polar surface area (TPSA) is 54.6 Å². The Morgan fingerprint density at radius 1 is 1.33 bits per heavy atom. The van der Waals surface area contributed by atoms with E-state index < -0.39 is 0 Å². The zero-order chi connectivity index (χ0) is 19.0. The summed E-state index contributed by atoms with van der Waals surface area (Å²) in [6.07, 6.45) is 4.60. The maximum absolute atomic E-state index is 12.4. The molecule has 1 saturated heterocycles. The third-order valence-corrected chi connectivity index (χ3v) is 6.37. The van der Waals surface area contributed by atoms with Crippen LogP contribution in [-0.4, -0.2) is 43.2 Å². The first-order valence-corrected chi connectivity index (χ1v) is 9.82. The summed E-state index contributed by atoms with van der Waals surface area (Å²) >= 11 is 0. The molecule has 0 aliphatic carbocycles. The molecule has 1 aromatic carbocycles. The summed E-state index contributed by atoms with van der Waals surface area (Å²) in [7, 11) is 3.04. The molecular formula is C22H28N2O3. The SMILES string of the molecule is CCC1CN2CCc3c([nH]c4ccccc34)C2CC1/C(=C\OC)C(=O)OC. The summed E-state index contributed by atoms with van der Waals surface area (Å²) in [5.41, 5.74) is 4.63. The number of hydrogen-bond acceptors (Lipinski definition) is 4. The number of carbonyl (C=O) groups excluding carboxylic acids is 1. The molecule has 0 radical (unpaired) electrons. The van der Waals surface area contributed by atoms with Gasteiger partial charge in [0.2, 0.25) is 0 Å². The second-order valence-corrected chi connectivity index (χ2v) is 7.63. The van der Waals surface area contributed by atoms with Crippen molar-refractivity contribution in [1.29, 1.82) is 0 Å². The van der Waals surface area contributed by atoms with Crippen LogP contribution in [0.25, 0.3) is 10.9 Å². The molecule has 0 spiro atoms. The molecule has 0 saturated carbocycles. The minimum atomic E-state index is -0.276. The highest BCUT2D eigenvalue weighted by Crippen LogP contribution is 2.45. The van der Waals surface area contributed by atoms with E-state index in [9.17, 15) is 4.79 Å². The van der Waals surface area contributed by atoms with Crippen molar-refractivity contribution in [2.75, 3.05) is 27.3 Å². The van der Waals surface area contributed by atoms with Crippen molar-refractivity contribution in [2.45, 2.75) is 32.2 Å². The van der Waals surface area contributed by atoms with Gasteiger partial charge in [-0.2, -0.15) is 0 Å². The highest BCUT2D eigenvalue weighted by molar-refractivity contribution is 5.89. The molecule has 1 N–H and O–H groups in total. The van der Waals surface area contributed by atoms with Crippen LogP contribution in [0.4, 0.5) is 0 Å². The molecule has 0 bridgehead atoms. The van der Waals surface area contributed by atoms with Crippen molar-refractivity contribution in [3.63, 3.8) is 0 Å². The molecule has 3 unspecified atom stereocenters. The first kappa shape index (κ1) is 18.1. The van der Waals surface area contributed by atoms with Gasteiger partial charge in [-0.1, -0.05) is 31.5 Å². The third-order valence-electron chi connectivity index (χ3n) is 6.37. The van der Waals surface area contributed by atoms with E-state index in [2.05, 4.69) is 41.1 Å². The standard InChI is InChI=1S/C22H28N2O3/c1-4-14-12-24-10-9-16-15-7-5-6-8-19(15)23-21(16)20(24)11-17(14)18(13-26-2)22(25)27-3/h5-8,13-14,17,20,23H,4,9-12H2,1-3H3/b18-13+. The molecule has 4 rings (SSSR count). The maximum atomic E-state index is 12.4. The van der Waals surface area contributed by atoms with E-state index >= 15 is 0 Å². The van der Waals surface area contributed by atoms with Crippen molar-refractivity contribution in [3.05, 3.63) is 47.4 Å². The van der Waals surface area contributed by atoms with Crippen molar-refractivity contribution in [3.8, 4) is 0 Å². The van der Waals surface area contributed by atoms with Gasteiger partial charge in [0.15, 0.2) is 0 Å². The summed E-state index contributed by atoms with van der Waals surface area (Å²) in [4.78, 5) is 18.7. The number of nitrogens with zero attached hydrogens (tertiary/aromatic N) is 1. The highest BCUT2D eigenvalue weighted by atomic mass is 16.5. The van der Waals surface area contributed by atoms with Crippen LogP contribution in [0.2, 0.25) is 0 Å². The average Bonchev–Trinajstić information content (AvgIpc) is 3.09. The molecule has 3 atom stereocenters. The van der Waals surface area contributed by atoms with Gasteiger partial charge in [0, 0.05) is 29.7 Å². The second-order valence-electron chi connectivity index (χ2n) is 7.63. The monoisotopic (exact) mass is 368 g/mol. The lowest BCUT2D eigenvalue weighted by molar-refractivity contribution is -0.137. The molecule has 0 amide bonds. The number of piperidine rings is 1. The van der Waals surface area contributed by atoms with Crippen molar-refractivity contribution >= 4 is 16.9 Å². The maximum Gasteiger partial charge on any atom is 0.337 e. The van der Waals surface area contributed by atoms with Crippen molar-refractivity contribution in [2.24, 2.45) is 11.8 Å². The van der Waals surface area contributed by atoms with Crippen LogP contribution in [0.1, 0.15) is 37.1 Å². The van der Waals surface area contributed by atoms with E-state index in [1.54, 1.807) is 13.4 Å². The quantitative estimate of drug-likeness (QED) is 0.506. The molecule has 3 heterocycles. The minimum absolute atomic E-state index is 0.140. The number of rotatable bonds is 4. The lowest BCUT2D eigenvalue weighted by atomic mass is 9.74. The number of hydrogen-bond donors (Lipinski definition) is 1. The predicted octanol–water partition coefficient (Wildman–Crippen LogP) is 3.82. The van der Waals surface area contributed by atoms with Crippen LogP contribution in [-0.2, 0) is 20.7 Å². The van der Waals surface area contributed by atoms with Gasteiger partial charge >= 0.3 is 5.97 Å². The van der Waals surface area contributed by atoms with Gasteiger partial charge in [0.05, 0.1) is 32.1 Å². The molecule has 144 valence electrons. The van der Waals surface area contributed by atoms with Crippen molar-refractivity contribution < 1.29 is 14.3 Å². The molecule has 5 nitrogen and oxygen atoms in total. The Morgan fingerprint density at radius 2 is 2.15 bits per heavy atom. The van der Waals surface area contributed by atoms with E-state index in [0.717, 1.165) is 32.4 Å². The number of methoxy groups -OCH3 is 2. The number of H-pyrrole nitrogens is 1. The summed E-state index contributed by atoms with van der Waals surface area (Å²) in [6.45, 7) is 4.28. The van der Waals surface area contributed by atoms with E-state index in [-0.39, 0.29) is 11.9 Å². The van der Waals surface area contributed by atoms with Gasteiger partial charge in [0.1, 0.15) is 0 Å². The number of carbonyl (C=O) groups is 1. The molecule has 1 aromatic heterocycles. The Kier molecular flexibility index (Phi) is 4.96. The fourth-order valence-corrected chi connectivity index (χ4v) is 5.04. The lowest BCUT2D eigenvalue weighted by Crippen LogP contribution is -2.47. The van der Waals surface area contributed by atoms with Gasteiger partial charge in [-0.15, -0.1) is 0 Å². The number of fused-ring (bicyclic) bond motifs is 5. The average molecular weight is 368 g/mol. The van der Waals surface area contributed by atoms with E-state index in [0.29, 0.717) is 17.5 Å². The van der Waals surface area contributed by atoms with Crippen molar-refractivity contribution in [1.82, 2.24) is 9.88 Å². The first-order valence-electron chi connectivity index (χ1n) is 9.82. The lowest BCUT2D eigenvalue weighted by Gasteiger charge is -2.46. The van der Waals surface area contributed by atoms with Crippen LogP contribution in [0.15, 0.2) is 36.1 Å².